The number of hydrogen-bond donors (Lipinski definition) is 1. The van der Waals surface area contributed by atoms with E-state index in [0.717, 1.165) is 22.9 Å². The number of pyridine rings is 1. The maximum atomic E-state index is 6.01. The van der Waals surface area contributed by atoms with E-state index in [4.69, 9.17) is 17.0 Å². The molecule has 2 atom stereocenters. The maximum absolute atomic E-state index is 6.01. The molecule has 1 saturated heterocycles. The number of anilines is 1. The van der Waals surface area contributed by atoms with Gasteiger partial charge in [-0.3, -0.25) is 4.98 Å². The van der Waals surface area contributed by atoms with Crippen molar-refractivity contribution in [3.63, 3.8) is 0 Å². The minimum atomic E-state index is -0.0229. The molecular formula is C26H23N3OS2. The summed E-state index contributed by atoms with van der Waals surface area (Å²) in [5, 5.41) is 4.20. The van der Waals surface area contributed by atoms with Gasteiger partial charge in [0.25, 0.3) is 0 Å². The van der Waals surface area contributed by atoms with Crippen LogP contribution < -0.4 is 15.0 Å². The Morgan fingerprint density at radius 2 is 1.62 bits per heavy atom. The first-order valence-corrected chi connectivity index (χ1v) is 11.7. The second-order valence-corrected chi connectivity index (χ2v) is 9.56. The molecule has 160 valence electrons. The van der Waals surface area contributed by atoms with Gasteiger partial charge in [-0.15, -0.1) is 11.3 Å². The third-order valence-corrected chi connectivity index (χ3v) is 6.91. The van der Waals surface area contributed by atoms with Crippen LogP contribution in [0.1, 0.15) is 33.1 Å². The Morgan fingerprint density at radius 3 is 2.25 bits per heavy atom. The van der Waals surface area contributed by atoms with Crippen LogP contribution in [0.3, 0.4) is 0 Å². The highest BCUT2D eigenvalue weighted by Crippen LogP contribution is 2.43. The lowest BCUT2D eigenvalue weighted by Gasteiger charge is -2.27. The highest BCUT2D eigenvalue weighted by molar-refractivity contribution is 7.80. The summed E-state index contributed by atoms with van der Waals surface area (Å²) in [6.45, 7) is 4.20. The monoisotopic (exact) mass is 457 g/mol. The largest absolute Gasteiger partial charge is 0.457 e. The molecule has 2 aromatic heterocycles. The number of ether oxygens (including phenoxy) is 1. The summed E-state index contributed by atoms with van der Waals surface area (Å²) in [5.74, 6) is 1.62. The summed E-state index contributed by atoms with van der Waals surface area (Å²) < 4.78 is 6.01. The van der Waals surface area contributed by atoms with Gasteiger partial charge in [-0.25, -0.2) is 0 Å². The van der Waals surface area contributed by atoms with Crippen LogP contribution in [-0.4, -0.2) is 10.1 Å². The van der Waals surface area contributed by atoms with E-state index >= 15 is 0 Å². The van der Waals surface area contributed by atoms with Gasteiger partial charge in [0.05, 0.1) is 17.8 Å². The molecule has 0 amide bonds. The Kier molecular flexibility index (Phi) is 5.64. The summed E-state index contributed by atoms with van der Waals surface area (Å²) in [5.41, 5.74) is 3.21. The van der Waals surface area contributed by atoms with E-state index < -0.39 is 0 Å². The number of thiophene rings is 1. The first kappa shape index (κ1) is 20.7. The lowest BCUT2D eigenvalue weighted by Crippen LogP contribution is -2.28. The molecule has 2 aromatic carbocycles. The topological polar surface area (TPSA) is 37.4 Å². The number of hydrogen-bond acceptors (Lipinski definition) is 4. The molecular weight excluding hydrogens is 434 g/mol. The van der Waals surface area contributed by atoms with Crippen LogP contribution in [0.2, 0.25) is 0 Å². The van der Waals surface area contributed by atoms with E-state index in [1.807, 2.05) is 54.7 Å². The molecule has 1 aliphatic rings. The Balaban J connectivity index is 1.46. The summed E-state index contributed by atoms with van der Waals surface area (Å²) in [7, 11) is 0. The van der Waals surface area contributed by atoms with Crippen LogP contribution in [0.15, 0.2) is 85.1 Å². The van der Waals surface area contributed by atoms with Crippen molar-refractivity contribution in [1.29, 1.82) is 0 Å². The van der Waals surface area contributed by atoms with Gasteiger partial charge in [0, 0.05) is 21.6 Å². The molecule has 4 aromatic rings. The van der Waals surface area contributed by atoms with E-state index in [-0.39, 0.29) is 12.1 Å². The van der Waals surface area contributed by atoms with Crippen LogP contribution >= 0.6 is 23.6 Å². The van der Waals surface area contributed by atoms with Crippen molar-refractivity contribution < 1.29 is 4.74 Å². The zero-order valence-corrected chi connectivity index (χ0v) is 19.5. The fraction of sp³-hybridized carbons (Fsp3) is 0.154. The average Bonchev–Trinajstić information content (AvgIpc) is 3.39. The maximum Gasteiger partial charge on any atom is 0.174 e. The molecule has 0 saturated carbocycles. The van der Waals surface area contributed by atoms with E-state index in [1.54, 1.807) is 11.3 Å². The number of nitrogens with one attached hydrogen (secondary N) is 1. The number of rotatable bonds is 5. The molecule has 5 rings (SSSR count). The molecule has 1 N–H and O–H groups in total. The Bertz CT molecular complexity index is 1220. The van der Waals surface area contributed by atoms with E-state index in [1.165, 1.54) is 15.3 Å². The van der Waals surface area contributed by atoms with Crippen molar-refractivity contribution in [2.45, 2.75) is 25.9 Å². The highest BCUT2D eigenvalue weighted by Gasteiger charge is 2.41. The van der Waals surface area contributed by atoms with Crippen LogP contribution in [0.4, 0.5) is 5.69 Å². The second-order valence-electron chi connectivity index (χ2n) is 7.85. The third kappa shape index (κ3) is 4.11. The van der Waals surface area contributed by atoms with Crippen molar-refractivity contribution in [1.82, 2.24) is 10.3 Å². The number of thiocarbonyl (C=S) groups is 1. The molecule has 6 heteroatoms. The summed E-state index contributed by atoms with van der Waals surface area (Å²) >= 11 is 7.59. The van der Waals surface area contributed by atoms with Crippen LogP contribution in [0.5, 0.6) is 11.5 Å². The first-order valence-electron chi connectivity index (χ1n) is 10.5. The quantitative estimate of drug-likeness (QED) is 0.336. The zero-order chi connectivity index (χ0) is 22.1. The van der Waals surface area contributed by atoms with Gasteiger partial charge in [0.2, 0.25) is 0 Å². The predicted octanol–water partition coefficient (Wildman–Crippen LogP) is 6.73. The van der Waals surface area contributed by atoms with Gasteiger partial charge in [0.1, 0.15) is 11.5 Å². The molecule has 32 heavy (non-hydrogen) atoms. The number of nitrogens with zero attached hydrogens (tertiary/aromatic N) is 2. The first-order chi connectivity index (χ1) is 15.6. The SMILES string of the molecule is Cc1ccc(Oc2ccc(N3C(=S)N[C@@H](c4ccccn4)[C@H]3c3ccc(C)s3)cc2)cc1. The van der Waals surface area contributed by atoms with Crippen molar-refractivity contribution in [3.05, 3.63) is 106 Å². The Hall–Kier alpha value is -3.22. The fourth-order valence-electron chi connectivity index (χ4n) is 3.95. The van der Waals surface area contributed by atoms with Crippen molar-refractivity contribution >= 4 is 34.4 Å². The van der Waals surface area contributed by atoms with Crippen LogP contribution in [0, 0.1) is 13.8 Å². The molecule has 1 fully saturated rings. The van der Waals surface area contributed by atoms with Crippen LogP contribution in [0.25, 0.3) is 0 Å². The van der Waals surface area contributed by atoms with Gasteiger partial charge in [0.15, 0.2) is 5.11 Å². The van der Waals surface area contributed by atoms with Crippen molar-refractivity contribution in [2.24, 2.45) is 0 Å². The van der Waals surface area contributed by atoms with Gasteiger partial charge in [-0.1, -0.05) is 23.8 Å². The standard InChI is InChI=1S/C26H23N3OS2/c1-17-6-11-20(12-7-17)30-21-13-9-19(10-14-21)29-25(23-15-8-18(2)32-23)24(28-26(29)31)22-5-3-4-16-27-22/h3-16,24-25H,1-2H3,(H,28,31)/t24-,25+/m0/s1. The molecule has 4 nitrogen and oxygen atoms in total. The second kappa shape index (κ2) is 8.73. The number of aryl methyl sites for hydroxylation is 2. The summed E-state index contributed by atoms with van der Waals surface area (Å²) in [6.07, 6.45) is 1.83. The summed E-state index contributed by atoms with van der Waals surface area (Å²) in [6, 6.07) is 26.5. The molecule has 0 aliphatic carbocycles. The smallest absolute Gasteiger partial charge is 0.174 e. The van der Waals surface area contributed by atoms with Crippen molar-refractivity contribution in [3.8, 4) is 11.5 Å². The minimum Gasteiger partial charge on any atom is -0.457 e. The minimum absolute atomic E-state index is 0.0229. The highest BCUT2D eigenvalue weighted by atomic mass is 32.1. The average molecular weight is 458 g/mol. The van der Waals surface area contributed by atoms with E-state index in [9.17, 15) is 0 Å². The molecule has 0 unspecified atom stereocenters. The molecule has 1 aliphatic heterocycles. The van der Waals surface area contributed by atoms with Gasteiger partial charge in [-0.2, -0.15) is 0 Å². The van der Waals surface area contributed by atoms with Gasteiger partial charge < -0.3 is 15.0 Å². The van der Waals surface area contributed by atoms with E-state index in [0.29, 0.717) is 5.11 Å². The van der Waals surface area contributed by atoms with Crippen molar-refractivity contribution in [2.75, 3.05) is 4.90 Å². The molecule has 3 heterocycles. The fourth-order valence-corrected chi connectivity index (χ4v) is 5.30. The molecule has 0 radical (unpaired) electrons. The van der Waals surface area contributed by atoms with Crippen LogP contribution in [-0.2, 0) is 0 Å². The normalized spacial score (nSPS) is 17.9. The van der Waals surface area contributed by atoms with Gasteiger partial charge in [-0.05, 0) is 86.7 Å². The lowest BCUT2D eigenvalue weighted by atomic mass is 10.0. The number of aromatic nitrogens is 1. The third-order valence-electron chi connectivity index (χ3n) is 5.52. The Labute approximate surface area is 197 Å². The molecule has 0 spiro atoms. The zero-order valence-electron chi connectivity index (χ0n) is 17.9. The van der Waals surface area contributed by atoms with Gasteiger partial charge >= 0.3 is 0 Å². The molecule has 0 bridgehead atoms. The van der Waals surface area contributed by atoms with E-state index in [2.05, 4.69) is 59.4 Å². The lowest BCUT2D eigenvalue weighted by molar-refractivity contribution is 0.482. The Morgan fingerprint density at radius 1 is 0.906 bits per heavy atom. The predicted molar refractivity (Wildman–Crippen MR) is 135 cm³/mol. The number of benzene rings is 2. The summed E-state index contributed by atoms with van der Waals surface area (Å²) in [4.78, 5) is 9.33.